The Balaban J connectivity index is 2.35. The summed E-state index contributed by atoms with van der Waals surface area (Å²) in [6, 6.07) is 11.9. The molecule has 0 heterocycles. The molecule has 0 aliphatic rings. The van der Waals surface area contributed by atoms with Crippen LogP contribution in [0.5, 0.6) is 0 Å². The fourth-order valence-electron chi connectivity index (χ4n) is 1.54. The van der Waals surface area contributed by atoms with E-state index in [-0.39, 0.29) is 4.90 Å². The number of hydrogen-bond donors (Lipinski definition) is 2. The molecule has 2 aromatic rings. The molecule has 0 aliphatic heterocycles. The quantitative estimate of drug-likeness (QED) is 0.648. The maximum Gasteiger partial charge on any atom is 0.348 e. The van der Waals surface area contributed by atoms with E-state index < -0.39 is 16.0 Å². The molecule has 0 fully saturated rings. The van der Waals surface area contributed by atoms with Gasteiger partial charge in [-0.3, -0.25) is 0 Å². The van der Waals surface area contributed by atoms with Crippen LogP contribution in [-0.4, -0.2) is 25.7 Å². The topological polar surface area (TPSA) is 95.8 Å². The SMILES string of the molecule is O=C(O)C=NNS(=O)(=O)c1ccc2ccccc2c1. The van der Waals surface area contributed by atoms with E-state index in [4.69, 9.17) is 5.11 Å². The van der Waals surface area contributed by atoms with Gasteiger partial charge in [0.25, 0.3) is 10.0 Å². The van der Waals surface area contributed by atoms with Crippen molar-refractivity contribution in [2.24, 2.45) is 5.10 Å². The summed E-state index contributed by atoms with van der Waals surface area (Å²) >= 11 is 0. The van der Waals surface area contributed by atoms with Crippen LogP contribution in [0.3, 0.4) is 0 Å². The van der Waals surface area contributed by atoms with Crippen molar-refractivity contribution in [3.05, 3.63) is 42.5 Å². The second-order valence-corrected chi connectivity index (χ2v) is 5.36. The molecule has 0 amide bonds. The Hall–Kier alpha value is -2.41. The standard InChI is InChI=1S/C12H10N2O4S/c15-12(16)8-13-14-19(17,18)11-6-5-9-3-1-2-4-10(9)7-11/h1-8,14H,(H,15,16). The van der Waals surface area contributed by atoms with E-state index in [1.54, 1.807) is 18.2 Å². The molecule has 6 nitrogen and oxygen atoms in total. The van der Waals surface area contributed by atoms with Crippen molar-refractivity contribution >= 4 is 33.0 Å². The molecule has 0 atom stereocenters. The minimum atomic E-state index is -3.86. The lowest BCUT2D eigenvalue weighted by Crippen LogP contribution is -2.19. The summed E-state index contributed by atoms with van der Waals surface area (Å²) in [7, 11) is -3.86. The molecule has 2 aromatic carbocycles. The zero-order valence-corrected chi connectivity index (χ0v) is 10.5. The third kappa shape index (κ3) is 3.08. The molecular weight excluding hydrogens is 268 g/mol. The van der Waals surface area contributed by atoms with E-state index in [0.29, 0.717) is 6.21 Å². The lowest BCUT2D eigenvalue weighted by molar-refractivity contribution is -0.128. The van der Waals surface area contributed by atoms with E-state index in [2.05, 4.69) is 5.10 Å². The third-order valence-electron chi connectivity index (χ3n) is 2.38. The first-order chi connectivity index (χ1) is 8.99. The summed E-state index contributed by atoms with van der Waals surface area (Å²) in [5, 5.41) is 13.2. The number of nitrogens with zero attached hydrogens (tertiary/aromatic N) is 1. The van der Waals surface area contributed by atoms with Crippen LogP contribution in [0.15, 0.2) is 52.5 Å². The van der Waals surface area contributed by atoms with Gasteiger partial charge in [0, 0.05) is 0 Å². The van der Waals surface area contributed by atoms with Crippen molar-refractivity contribution in [2.45, 2.75) is 4.90 Å². The predicted molar refractivity (Wildman–Crippen MR) is 70.4 cm³/mol. The molecule has 0 aliphatic carbocycles. The molecule has 2 rings (SSSR count). The van der Waals surface area contributed by atoms with Crippen LogP contribution in [0.2, 0.25) is 0 Å². The van der Waals surface area contributed by atoms with Gasteiger partial charge < -0.3 is 5.11 Å². The molecule has 0 unspecified atom stereocenters. The molecule has 7 heteroatoms. The van der Waals surface area contributed by atoms with Crippen LogP contribution in [0.4, 0.5) is 0 Å². The molecule has 98 valence electrons. The maximum absolute atomic E-state index is 11.8. The number of carboxylic acid groups (broad SMARTS) is 1. The molecule has 0 bridgehead atoms. The van der Waals surface area contributed by atoms with Gasteiger partial charge in [-0.25, -0.2) is 4.79 Å². The first kappa shape index (κ1) is 13.0. The molecule has 0 radical (unpaired) electrons. The highest BCUT2D eigenvalue weighted by Crippen LogP contribution is 2.18. The van der Waals surface area contributed by atoms with E-state index in [1.807, 2.05) is 17.0 Å². The highest BCUT2D eigenvalue weighted by atomic mass is 32.2. The summed E-state index contributed by atoms with van der Waals surface area (Å²) in [6.45, 7) is 0. The highest BCUT2D eigenvalue weighted by molar-refractivity contribution is 7.89. The Morgan fingerprint density at radius 2 is 1.84 bits per heavy atom. The molecule has 19 heavy (non-hydrogen) atoms. The fourth-order valence-corrected chi connectivity index (χ4v) is 2.36. The van der Waals surface area contributed by atoms with Crippen molar-refractivity contribution in [3.63, 3.8) is 0 Å². The number of nitrogens with one attached hydrogen (secondary N) is 1. The first-order valence-corrected chi connectivity index (χ1v) is 6.74. The molecule has 2 N–H and O–H groups in total. The number of carbonyl (C=O) groups is 1. The highest BCUT2D eigenvalue weighted by Gasteiger charge is 2.13. The predicted octanol–water partition coefficient (Wildman–Crippen LogP) is 1.19. The van der Waals surface area contributed by atoms with E-state index in [9.17, 15) is 13.2 Å². The summed E-state index contributed by atoms with van der Waals surface area (Å²) < 4.78 is 23.7. The van der Waals surface area contributed by atoms with Gasteiger partial charge in [0.1, 0.15) is 6.21 Å². The van der Waals surface area contributed by atoms with Crippen molar-refractivity contribution in [1.82, 2.24) is 4.83 Å². The van der Waals surface area contributed by atoms with Crippen LogP contribution < -0.4 is 4.83 Å². The van der Waals surface area contributed by atoms with Crippen molar-refractivity contribution in [3.8, 4) is 0 Å². The van der Waals surface area contributed by atoms with Crippen LogP contribution in [0.1, 0.15) is 0 Å². The van der Waals surface area contributed by atoms with Gasteiger partial charge in [0.05, 0.1) is 4.90 Å². The minimum Gasteiger partial charge on any atom is -0.477 e. The van der Waals surface area contributed by atoms with Crippen molar-refractivity contribution in [2.75, 3.05) is 0 Å². The van der Waals surface area contributed by atoms with Crippen molar-refractivity contribution in [1.29, 1.82) is 0 Å². The molecule has 0 spiro atoms. The van der Waals surface area contributed by atoms with Crippen LogP contribution in [0.25, 0.3) is 10.8 Å². The van der Waals surface area contributed by atoms with E-state index >= 15 is 0 Å². The van der Waals surface area contributed by atoms with Gasteiger partial charge in [0.2, 0.25) is 0 Å². The molecule has 0 saturated heterocycles. The average Bonchev–Trinajstić information content (AvgIpc) is 2.37. The summed E-state index contributed by atoms with van der Waals surface area (Å²) in [5.41, 5.74) is 0. The van der Waals surface area contributed by atoms with Gasteiger partial charge in [-0.15, -0.1) is 0 Å². The number of carboxylic acids is 1. The number of sulfonamides is 1. The summed E-state index contributed by atoms with van der Waals surface area (Å²) in [4.78, 5) is 12.1. The van der Waals surface area contributed by atoms with Crippen molar-refractivity contribution < 1.29 is 18.3 Å². The third-order valence-corrected chi connectivity index (χ3v) is 3.60. The Morgan fingerprint density at radius 1 is 1.16 bits per heavy atom. The largest absolute Gasteiger partial charge is 0.477 e. The van der Waals surface area contributed by atoms with Gasteiger partial charge in [-0.2, -0.15) is 18.4 Å². The molecular formula is C12H10N2O4S. The van der Waals surface area contributed by atoms with Crippen LogP contribution in [0, 0.1) is 0 Å². The normalized spacial score (nSPS) is 11.8. The minimum absolute atomic E-state index is 0.0220. The van der Waals surface area contributed by atoms with E-state index in [0.717, 1.165) is 10.8 Å². The van der Waals surface area contributed by atoms with Crippen LogP contribution in [-0.2, 0) is 14.8 Å². The van der Waals surface area contributed by atoms with E-state index in [1.165, 1.54) is 12.1 Å². The first-order valence-electron chi connectivity index (χ1n) is 5.26. The number of benzene rings is 2. The smallest absolute Gasteiger partial charge is 0.348 e. The Kier molecular flexibility index (Phi) is 3.48. The van der Waals surface area contributed by atoms with Gasteiger partial charge in [-0.05, 0) is 22.9 Å². The Morgan fingerprint density at radius 3 is 2.53 bits per heavy atom. The van der Waals surface area contributed by atoms with Gasteiger partial charge in [-0.1, -0.05) is 30.3 Å². The fraction of sp³-hybridized carbons (Fsp3) is 0. The number of hydrazone groups is 1. The Bertz CT molecular complexity index is 753. The second-order valence-electron chi connectivity index (χ2n) is 3.70. The molecule has 0 saturated carbocycles. The van der Waals surface area contributed by atoms with Gasteiger partial charge in [0.15, 0.2) is 0 Å². The number of fused-ring (bicyclic) bond motifs is 1. The average molecular weight is 278 g/mol. The summed E-state index contributed by atoms with van der Waals surface area (Å²) in [5.74, 6) is -1.33. The second kappa shape index (κ2) is 5.07. The molecule has 0 aromatic heterocycles. The van der Waals surface area contributed by atoms with Gasteiger partial charge >= 0.3 is 5.97 Å². The Labute approximate surface area is 109 Å². The number of aliphatic carboxylic acids is 1. The maximum atomic E-state index is 11.8. The number of hydrogen-bond acceptors (Lipinski definition) is 4. The lowest BCUT2D eigenvalue weighted by Gasteiger charge is -2.04. The monoisotopic (exact) mass is 278 g/mol. The summed E-state index contributed by atoms with van der Waals surface area (Å²) in [6.07, 6.45) is 0.471. The number of rotatable bonds is 4. The zero-order valence-electron chi connectivity index (χ0n) is 9.65. The lowest BCUT2D eigenvalue weighted by atomic mass is 10.1. The zero-order chi connectivity index (χ0) is 13.9. The van der Waals surface area contributed by atoms with Crippen LogP contribution >= 0.6 is 0 Å².